The monoisotopic (exact) mass is 265 g/mol. The number of rotatable bonds is 1. The van der Waals surface area contributed by atoms with Crippen molar-refractivity contribution >= 4 is 21.7 Å². The molecular formula is C11H12BrN3. The minimum atomic E-state index is 0.600. The van der Waals surface area contributed by atoms with Crippen LogP contribution in [0, 0.1) is 11.3 Å². The lowest BCUT2D eigenvalue weighted by Gasteiger charge is -2.28. The SMILES string of the molecule is N#Cc1cnc(N2CCCCC2)c(Br)c1. The van der Waals surface area contributed by atoms with Crippen LogP contribution in [-0.4, -0.2) is 18.1 Å². The van der Waals surface area contributed by atoms with Crippen molar-refractivity contribution in [3.05, 3.63) is 22.3 Å². The summed E-state index contributed by atoms with van der Waals surface area (Å²) in [5.74, 6) is 0.966. The summed E-state index contributed by atoms with van der Waals surface area (Å²) in [5, 5.41) is 8.74. The molecule has 1 aliphatic rings. The van der Waals surface area contributed by atoms with E-state index in [9.17, 15) is 0 Å². The maximum Gasteiger partial charge on any atom is 0.142 e. The Balaban J connectivity index is 2.24. The predicted octanol–water partition coefficient (Wildman–Crippen LogP) is 2.71. The normalized spacial score (nSPS) is 16.1. The van der Waals surface area contributed by atoms with Crippen molar-refractivity contribution < 1.29 is 0 Å². The maximum absolute atomic E-state index is 8.74. The maximum atomic E-state index is 8.74. The van der Waals surface area contributed by atoms with Gasteiger partial charge in [0.2, 0.25) is 0 Å². The molecule has 4 heteroatoms. The second kappa shape index (κ2) is 4.63. The summed E-state index contributed by atoms with van der Waals surface area (Å²) < 4.78 is 0.920. The number of halogens is 1. The summed E-state index contributed by atoms with van der Waals surface area (Å²) in [6.07, 6.45) is 5.40. The zero-order valence-corrected chi connectivity index (χ0v) is 10.00. The van der Waals surface area contributed by atoms with E-state index in [0.29, 0.717) is 5.56 Å². The van der Waals surface area contributed by atoms with Gasteiger partial charge in [0.25, 0.3) is 0 Å². The van der Waals surface area contributed by atoms with Crippen molar-refractivity contribution in [2.24, 2.45) is 0 Å². The molecule has 0 bridgehead atoms. The van der Waals surface area contributed by atoms with Gasteiger partial charge in [0.1, 0.15) is 11.9 Å². The van der Waals surface area contributed by atoms with E-state index in [-0.39, 0.29) is 0 Å². The van der Waals surface area contributed by atoms with Gasteiger partial charge in [-0.15, -0.1) is 0 Å². The molecule has 1 fully saturated rings. The molecule has 1 aromatic heterocycles. The molecule has 0 atom stereocenters. The Hall–Kier alpha value is -1.08. The highest BCUT2D eigenvalue weighted by Gasteiger charge is 2.14. The second-order valence-electron chi connectivity index (χ2n) is 3.69. The van der Waals surface area contributed by atoms with Gasteiger partial charge in [-0.05, 0) is 41.3 Å². The molecule has 0 unspecified atom stereocenters. The summed E-state index contributed by atoms with van der Waals surface area (Å²) in [6, 6.07) is 3.92. The smallest absolute Gasteiger partial charge is 0.142 e. The van der Waals surface area contributed by atoms with Gasteiger partial charge in [-0.25, -0.2) is 4.98 Å². The first-order chi connectivity index (χ1) is 7.31. The standard InChI is InChI=1S/C11H12BrN3/c12-10-6-9(7-13)8-14-11(10)15-4-2-1-3-5-15/h6,8H,1-5H2. The third-order valence-electron chi connectivity index (χ3n) is 2.61. The lowest BCUT2D eigenvalue weighted by atomic mass is 10.1. The van der Waals surface area contributed by atoms with Crippen molar-refractivity contribution in [3.8, 4) is 6.07 Å². The number of anilines is 1. The van der Waals surface area contributed by atoms with E-state index in [1.807, 2.05) is 6.07 Å². The third-order valence-corrected chi connectivity index (χ3v) is 3.19. The van der Waals surface area contributed by atoms with E-state index in [1.165, 1.54) is 19.3 Å². The van der Waals surface area contributed by atoms with E-state index < -0.39 is 0 Å². The lowest BCUT2D eigenvalue weighted by Crippen LogP contribution is -2.30. The summed E-state index contributed by atoms with van der Waals surface area (Å²) >= 11 is 3.47. The zero-order valence-electron chi connectivity index (χ0n) is 8.41. The minimum Gasteiger partial charge on any atom is -0.356 e. The molecule has 2 heterocycles. The number of aromatic nitrogens is 1. The molecule has 0 N–H and O–H groups in total. The number of hydrogen-bond acceptors (Lipinski definition) is 3. The van der Waals surface area contributed by atoms with Gasteiger partial charge in [-0.3, -0.25) is 0 Å². The largest absolute Gasteiger partial charge is 0.356 e. The zero-order chi connectivity index (χ0) is 10.7. The number of nitriles is 1. The van der Waals surface area contributed by atoms with Crippen molar-refractivity contribution in [1.29, 1.82) is 5.26 Å². The Morgan fingerprint density at radius 2 is 2.07 bits per heavy atom. The molecule has 0 aromatic carbocycles. The highest BCUT2D eigenvalue weighted by Crippen LogP contribution is 2.26. The summed E-state index contributed by atoms with van der Waals surface area (Å²) in [4.78, 5) is 6.60. The van der Waals surface area contributed by atoms with Gasteiger partial charge < -0.3 is 4.90 Å². The quantitative estimate of drug-likeness (QED) is 0.784. The van der Waals surface area contributed by atoms with Crippen LogP contribution in [0.4, 0.5) is 5.82 Å². The van der Waals surface area contributed by atoms with E-state index in [0.717, 1.165) is 23.4 Å². The first kappa shape index (κ1) is 10.4. The molecule has 0 saturated carbocycles. The highest BCUT2D eigenvalue weighted by atomic mass is 79.9. The summed E-state index contributed by atoms with van der Waals surface area (Å²) in [7, 11) is 0. The molecule has 3 nitrogen and oxygen atoms in total. The van der Waals surface area contributed by atoms with Crippen molar-refractivity contribution in [1.82, 2.24) is 4.98 Å². The van der Waals surface area contributed by atoms with Crippen LogP contribution in [0.2, 0.25) is 0 Å². The number of piperidine rings is 1. The Morgan fingerprint density at radius 1 is 1.33 bits per heavy atom. The summed E-state index contributed by atoms with van der Waals surface area (Å²) in [6.45, 7) is 2.13. The van der Waals surface area contributed by atoms with Crippen molar-refractivity contribution in [2.75, 3.05) is 18.0 Å². The Labute approximate surface area is 97.9 Å². The molecular weight excluding hydrogens is 254 g/mol. The molecule has 78 valence electrons. The van der Waals surface area contributed by atoms with Crippen LogP contribution >= 0.6 is 15.9 Å². The van der Waals surface area contributed by atoms with E-state index in [4.69, 9.17) is 5.26 Å². The van der Waals surface area contributed by atoms with E-state index in [1.54, 1.807) is 6.20 Å². The van der Waals surface area contributed by atoms with Gasteiger partial charge in [0.05, 0.1) is 10.0 Å². The van der Waals surface area contributed by atoms with Gasteiger partial charge in [0.15, 0.2) is 0 Å². The van der Waals surface area contributed by atoms with Crippen LogP contribution in [0.15, 0.2) is 16.7 Å². The molecule has 1 aliphatic heterocycles. The Kier molecular flexibility index (Phi) is 3.22. The number of pyridine rings is 1. The molecule has 0 amide bonds. The first-order valence-electron chi connectivity index (χ1n) is 5.12. The van der Waals surface area contributed by atoms with Crippen LogP contribution in [0.25, 0.3) is 0 Å². The van der Waals surface area contributed by atoms with Gasteiger partial charge in [0, 0.05) is 19.3 Å². The van der Waals surface area contributed by atoms with Crippen LogP contribution < -0.4 is 4.90 Å². The molecule has 1 saturated heterocycles. The van der Waals surface area contributed by atoms with Crippen LogP contribution in [0.1, 0.15) is 24.8 Å². The number of hydrogen-bond donors (Lipinski definition) is 0. The fourth-order valence-corrected chi connectivity index (χ4v) is 2.43. The van der Waals surface area contributed by atoms with Gasteiger partial charge in [-0.1, -0.05) is 0 Å². The average molecular weight is 266 g/mol. The van der Waals surface area contributed by atoms with E-state index in [2.05, 4.69) is 31.9 Å². The lowest BCUT2D eigenvalue weighted by molar-refractivity contribution is 0.572. The predicted molar refractivity (Wildman–Crippen MR) is 62.7 cm³/mol. The Morgan fingerprint density at radius 3 is 2.67 bits per heavy atom. The topological polar surface area (TPSA) is 39.9 Å². The fourth-order valence-electron chi connectivity index (χ4n) is 1.83. The van der Waals surface area contributed by atoms with Gasteiger partial charge in [-0.2, -0.15) is 5.26 Å². The molecule has 0 aliphatic carbocycles. The molecule has 0 spiro atoms. The fraction of sp³-hybridized carbons (Fsp3) is 0.455. The third kappa shape index (κ3) is 2.29. The van der Waals surface area contributed by atoms with Gasteiger partial charge >= 0.3 is 0 Å². The van der Waals surface area contributed by atoms with Crippen LogP contribution in [0.3, 0.4) is 0 Å². The van der Waals surface area contributed by atoms with Crippen molar-refractivity contribution in [2.45, 2.75) is 19.3 Å². The molecule has 1 aromatic rings. The van der Waals surface area contributed by atoms with E-state index >= 15 is 0 Å². The first-order valence-corrected chi connectivity index (χ1v) is 5.91. The Bertz CT molecular complexity index is 391. The molecule has 15 heavy (non-hydrogen) atoms. The molecule has 0 radical (unpaired) electrons. The molecule has 2 rings (SSSR count). The van der Waals surface area contributed by atoms with Crippen LogP contribution in [-0.2, 0) is 0 Å². The summed E-state index contributed by atoms with van der Waals surface area (Å²) in [5.41, 5.74) is 0.600. The average Bonchev–Trinajstić information content (AvgIpc) is 2.30. The highest BCUT2D eigenvalue weighted by molar-refractivity contribution is 9.10. The van der Waals surface area contributed by atoms with Crippen molar-refractivity contribution in [3.63, 3.8) is 0 Å². The minimum absolute atomic E-state index is 0.600. The van der Waals surface area contributed by atoms with Crippen LogP contribution in [0.5, 0.6) is 0 Å². The second-order valence-corrected chi connectivity index (χ2v) is 4.54. The number of nitrogens with zero attached hydrogens (tertiary/aromatic N) is 3.